The lowest BCUT2D eigenvalue weighted by Gasteiger charge is -2.10. The van der Waals surface area contributed by atoms with Crippen LogP contribution in [0.15, 0.2) is 35.2 Å². The van der Waals surface area contributed by atoms with Crippen molar-refractivity contribution >= 4 is 29.3 Å². The van der Waals surface area contributed by atoms with Crippen LogP contribution in [0.3, 0.4) is 0 Å². The standard InChI is InChI=1S/C12H12O4S/c1-8(13)12(10(14)7-11(15)16)17-9-5-3-2-4-6-9/h2-6,12H,7H2,1H3,(H,15,16). The molecule has 1 atom stereocenters. The molecule has 1 unspecified atom stereocenters. The van der Waals surface area contributed by atoms with Gasteiger partial charge in [0.2, 0.25) is 0 Å². The summed E-state index contributed by atoms with van der Waals surface area (Å²) in [4.78, 5) is 34.1. The second kappa shape index (κ2) is 6.20. The lowest BCUT2D eigenvalue weighted by Crippen LogP contribution is -2.26. The maximum absolute atomic E-state index is 11.6. The number of ketones is 2. The van der Waals surface area contributed by atoms with E-state index in [2.05, 4.69) is 0 Å². The highest BCUT2D eigenvalue weighted by Gasteiger charge is 2.25. The van der Waals surface area contributed by atoms with Crippen LogP contribution in [0, 0.1) is 0 Å². The van der Waals surface area contributed by atoms with Crippen LogP contribution in [0.5, 0.6) is 0 Å². The third kappa shape index (κ3) is 4.40. The molecule has 0 saturated carbocycles. The number of Topliss-reactive ketones (excluding diaryl/α,β-unsaturated/α-hetero) is 2. The highest BCUT2D eigenvalue weighted by atomic mass is 32.2. The molecular weight excluding hydrogens is 240 g/mol. The van der Waals surface area contributed by atoms with E-state index in [0.29, 0.717) is 0 Å². The van der Waals surface area contributed by atoms with Gasteiger partial charge in [-0.15, -0.1) is 11.8 Å². The molecule has 5 heteroatoms. The van der Waals surface area contributed by atoms with Crippen LogP contribution in [-0.4, -0.2) is 27.9 Å². The summed E-state index contributed by atoms with van der Waals surface area (Å²) < 4.78 is 0. The highest BCUT2D eigenvalue weighted by Crippen LogP contribution is 2.24. The molecule has 0 aliphatic rings. The first-order valence-electron chi connectivity index (χ1n) is 4.97. The van der Waals surface area contributed by atoms with Crippen molar-refractivity contribution in [2.45, 2.75) is 23.5 Å². The summed E-state index contributed by atoms with van der Waals surface area (Å²) in [6, 6.07) is 8.96. The first-order chi connectivity index (χ1) is 8.00. The summed E-state index contributed by atoms with van der Waals surface area (Å²) in [5.41, 5.74) is 0. The van der Waals surface area contributed by atoms with Crippen molar-refractivity contribution in [3.8, 4) is 0 Å². The maximum atomic E-state index is 11.6. The fourth-order valence-corrected chi connectivity index (χ4v) is 2.22. The summed E-state index contributed by atoms with van der Waals surface area (Å²) in [6.07, 6.45) is -0.621. The minimum atomic E-state index is -1.21. The van der Waals surface area contributed by atoms with Crippen molar-refractivity contribution in [1.29, 1.82) is 0 Å². The summed E-state index contributed by atoms with van der Waals surface area (Å²) in [6.45, 7) is 1.29. The molecule has 0 fully saturated rings. The second-order valence-corrected chi connectivity index (χ2v) is 4.64. The number of hydrogen-bond acceptors (Lipinski definition) is 4. The minimum Gasteiger partial charge on any atom is -0.481 e. The predicted molar refractivity (Wildman–Crippen MR) is 64.0 cm³/mol. The van der Waals surface area contributed by atoms with E-state index in [9.17, 15) is 14.4 Å². The number of carboxylic acid groups (broad SMARTS) is 1. The van der Waals surface area contributed by atoms with Gasteiger partial charge in [-0.25, -0.2) is 0 Å². The summed E-state index contributed by atoms with van der Waals surface area (Å²) in [5, 5.41) is 7.60. The average molecular weight is 252 g/mol. The van der Waals surface area contributed by atoms with Crippen LogP contribution in [0.4, 0.5) is 0 Å². The van der Waals surface area contributed by atoms with Gasteiger partial charge in [-0.3, -0.25) is 14.4 Å². The lowest BCUT2D eigenvalue weighted by atomic mass is 10.1. The van der Waals surface area contributed by atoms with Crippen LogP contribution >= 0.6 is 11.8 Å². The molecule has 1 aromatic rings. The molecule has 0 saturated heterocycles. The van der Waals surface area contributed by atoms with Gasteiger partial charge in [0.25, 0.3) is 0 Å². The van der Waals surface area contributed by atoms with Crippen molar-refractivity contribution in [2.75, 3.05) is 0 Å². The van der Waals surface area contributed by atoms with E-state index in [0.717, 1.165) is 16.7 Å². The molecule has 4 nitrogen and oxygen atoms in total. The Morgan fingerprint density at radius 1 is 1.24 bits per heavy atom. The number of hydrogen-bond donors (Lipinski definition) is 1. The largest absolute Gasteiger partial charge is 0.481 e. The highest BCUT2D eigenvalue weighted by molar-refractivity contribution is 8.01. The fourth-order valence-electron chi connectivity index (χ4n) is 1.25. The number of rotatable bonds is 6. The smallest absolute Gasteiger partial charge is 0.310 e. The van der Waals surface area contributed by atoms with Crippen LogP contribution in [0.2, 0.25) is 0 Å². The molecule has 0 aliphatic carbocycles. The zero-order chi connectivity index (χ0) is 12.8. The van der Waals surface area contributed by atoms with Gasteiger partial charge in [0.05, 0.1) is 0 Å². The fraction of sp³-hybridized carbons (Fsp3) is 0.250. The topological polar surface area (TPSA) is 71.4 Å². The molecule has 17 heavy (non-hydrogen) atoms. The Balaban J connectivity index is 2.77. The van der Waals surface area contributed by atoms with Gasteiger partial charge in [-0.2, -0.15) is 0 Å². The van der Waals surface area contributed by atoms with Gasteiger partial charge < -0.3 is 5.11 Å². The molecule has 0 aliphatic heterocycles. The Bertz CT molecular complexity index is 427. The van der Waals surface area contributed by atoms with E-state index in [1.54, 1.807) is 24.3 Å². The number of carbonyl (C=O) groups excluding carboxylic acids is 2. The second-order valence-electron chi connectivity index (χ2n) is 3.46. The third-order valence-electron chi connectivity index (χ3n) is 1.98. The van der Waals surface area contributed by atoms with Crippen LogP contribution in [-0.2, 0) is 14.4 Å². The molecular formula is C12H12O4S. The number of aliphatic carboxylic acids is 1. The van der Waals surface area contributed by atoms with Gasteiger partial charge in [-0.1, -0.05) is 18.2 Å². The lowest BCUT2D eigenvalue weighted by molar-refractivity contribution is -0.140. The molecule has 1 N–H and O–H groups in total. The van der Waals surface area contributed by atoms with E-state index in [4.69, 9.17) is 5.11 Å². The molecule has 0 radical (unpaired) electrons. The number of carboxylic acids is 1. The maximum Gasteiger partial charge on any atom is 0.310 e. The van der Waals surface area contributed by atoms with Crippen molar-refractivity contribution in [1.82, 2.24) is 0 Å². The molecule has 90 valence electrons. The Morgan fingerprint density at radius 3 is 2.29 bits per heavy atom. The summed E-state index contributed by atoms with van der Waals surface area (Å²) >= 11 is 1.08. The minimum absolute atomic E-state index is 0.329. The molecule has 0 heterocycles. The molecule has 0 amide bonds. The first kappa shape index (κ1) is 13.4. The predicted octanol–water partition coefficient (Wildman–Crippen LogP) is 1.78. The van der Waals surface area contributed by atoms with E-state index in [-0.39, 0.29) is 5.78 Å². The van der Waals surface area contributed by atoms with Crippen LogP contribution < -0.4 is 0 Å². The van der Waals surface area contributed by atoms with Gasteiger partial charge in [-0.05, 0) is 19.1 Å². The van der Waals surface area contributed by atoms with Gasteiger partial charge in [0.1, 0.15) is 11.7 Å². The van der Waals surface area contributed by atoms with Crippen molar-refractivity contribution in [3.63, 3.8) is 0 Å². The number of benzene rings is 1. The van der Waals surface area contributed by atoms with E-state index in [1.807, 2.05) is 6.07 Å². The summed E-state index contributed by atoms with van der Waals surface area (Å²) in [7, 11) is 0. The third-order valence-corrected chi connectivity index (χ3v) is 3.36. The monoisotopic (exact) mass is 252 g/mol. The zero-order valence-corrected chi connectivity index (χ0v) is 10.1. The van der Waals surface area contributed by atoms with Gasteiger partial charge in [0, 0.05) is 4.90 Å². The Hall–Kier alpha value is -1.62. The Labute approximate surface area is 103 Å². The number of thioether (sulfide) groups is 1. The van der Waals surface area contributed by atoms with Crippen molar-refractivity contribution in [2.24, 2.45) is 0 Å². The van der Waals surface area contributed by atoms with E-state index >= 15 is 0 Å². The molecule has 1 rings (SSSR count). The zero-order valence-electron chi connectivity index (χ0n) is 9.25. The Kier molecular flexibility index (Phi) is 4.90. The molecule has 0 spiro atoms. The van der Waals surface area contributed by atoms with Gasteiger partial charge >= 0.3 is 5.97 Å². The van der Waals surface area contributed by atoms with Crippen LogP contribution in [0.1, 0.15) is 13.3 Å². The van der Waals surface area contributed by atoms with Crippen molar-refractivity contribution < 1.29 is 19.5 Å². The Morgan fingerprint density at radius 2 is 1.82 bits per heavy atom. The van der Waals surface area contributed by atoms with E-state index in [1.165, 1.54) is 6.92 Å². The average Bonchev–Trinajstić information content (AvgIpc) is 2.25. The number of carbonyl (C=O) groups is 3. The molecule has 0 bridgehead atoms. The summed E-state index contributed by atoms with van der Waals surface area (Å²) in [5.74, 6) is -2.11. The SMILES string of the molecule is CC(=O)C(Sc1ccccc1)C(=O)CC(=O)O. The molecule has 0 aromatic heterocycles. The van der Waals surface area contributed by atoms with E-state index < -0.39 is 23.4 Å². The van der Waals surface area contributed by atoms with Crippen LogP contribution in [0.25, 0.3) is 0 Å². The van der Waals surface area contributed by atoms with Gasteiger partial charge in [0.15, 0.2) is 11.6 Å². The quantitative estimate of drug-likeness (QED) is 0.617. The molecule has 1 aromatic carbocycles. The van der Waals surface area contributed by atoms with Crippen molar-refractivity contribution in [3.05, 3.63) is 30.3 Å². The first-order valence-corrected chi connectivity index (χ1v) is 5.85. The normalized spacial score (nSPS) is 11.8.